The van der Waals surface area contributed by atoms with Gasteiger partial charge >= 0.3 is 0 Å². The number of ether oxygens (including phenoxy) is 2. The number of nitrogens with zero attached hydrogens (tertiary/aromatic N) is 4. The first kappa shape index (κ1) is 10.8. The molecule has 0 aromatic carbocycles. The van der Waals surface area contributed by atoms with Gasteiger partial charge in [0.15, 0.2) is 11.2 Å². The van der Waals surface area contributed by atoms with Crippen LogP contribution in [0.25, 0.3) is 11.2 Å². The molecule has 0 aliphatic carbocycles. The second kappa shape index (κ2) is 4.42. The summed E-state index contributed by atoms with van der Waals surface area (Å²) in [6, 6.07) is 0. The fraction of sp³-hybridized carbons (Fsp3) is 0.444. The van der Waals surface area contributed by atoms with Crippen LogP contribution in [-0.4, -0.2) is 33.3 Å². The number of imidazole rings is 1. The fourth-order valence-corrected chi connectivity index (χ4v) is 1.44. The highest BCUT2D eigenvalue weighted by atomic mass is 16.5. The van der Waals surface area contributed by atoms with Crippen molar-refractivity contribution in [2.24, 2.45) is 0 Å². The summed E-state index contributed by atoms with van der Waals surface area (Å²) in [5.74, 6) is 0. The molecule has 0 aliphatic heterocycles. The van der Waals surface area contributed by atoms with E-state index in [0.717, 1.165) is 0 Å². The zero-order valence-electron chi connectivity index (χ0n) is 9.08. The summed E-state index contributed by atoms with van der Waals surface area (Å²) in [6.07, 6.45) is 2.96. The van der Waals surface area contributed by atoms with Crippen LogP contribution in [0.4, 0.5) is 0 Å². The molecule has 86 valence electrons. The Morgan fingerprint density at radius 1 is 1.12 bits per heavy atom. The monoisotopic (exact) mass is 224 g/mol. The van der Waals surface area contributed by atoms with Gasteiger partial charge in [0.1, 0.15) is 19.8 Å². The Morgan fingerprint density at radius 2 is 1.75 bits per heavy atom. The van der Waals surface area contributed by atoms with Crippen LogP contribution in [0, 0.1) is 0 Å². The molecule has 2 rings (SSSR count). The van der Waals surface area contributed by atoms with E-state index in [-0.39, 0.29) is 12.3 Å². The summed E-state index contributed by atoms with van der Waals surface area (Å²) in [7, 11) is 3.08. The molecule has 16 heavy (non-hydrogen) atoms. The second-order valence-electron chi connectivity index (χ2n) is 3.24. The van der Waals surface area contributed by atoms with E-state index in [9.17, 15) is 4.79 Å². The molecule has 0 unspecified atom stereocenters. The Kier molecular flexibility index (Phi) is 2.97. The standard InChI is InChI=1S/C9H12N4O3/c1-15-5-12-3-10-7-8(12)11-4-13(6-16-2)9(7)14/h3-4H,5-6H2,1-2H3. The highest BCUT2D eigenvalue weighted by molar-refractivity contribution is 5.68. The summed E-state index contributed by atoms with van der Waals surface area (Å²) in [5.41, 5.74) is 0.609. The third-order valence-corrected chi connectivity index (χ3v) is 2.13. The molecule has 0 atom stereocenters. The number of fused-ring (bicyclic) bond motifs is 1. The summed E-state index contributed by atoms with van der Waals surface area (Å²) < 4.78 is 12.9. The molecule has 0 fully saturated rings. The van der Waals surface area contributed by atoms with Crippen molar-refractivity contribution in [2.45, 2.75) is 13.5 Å². The van der Waals surface area contributed by atoms with Crippen LogP contribution in [0.2, 0.25) is 0 Å². The normalized spacial score (nSPS) is 11.1. The lowest BCUT2D eigenvalue weighted by Gasteiger charge is -2.03. The van der Waals surface area contributed by atoms with Crippen molar-refractivity contribution in [3.63, 3.8) is 0 Å². The van der Waals surface area contributed by atoms with E-state index in [1.165, 1.54) is 24.3 Å². The Labute approximate surface area is 91.2 Å². The van der Waals surface area contributed by atoms with Crippen LogP contribution in [0.5, 0.6) is 0 Å². The minimum Gasteiger partial charge on any atom is -0.364 e. The van der Waals surface area contributed by atoms with Crippen LogP contribution >= 0.6 is 0 Å². The first-order chi connectivity index (χ1) is 7.77. The molecular formula is C9H12N4O3. The molecule has 0 spiro atoms. The molecule has 0 aliphatic rings. The molecule has 7 heteroatoms. The fourth-order valence-electron chi connectivity index (χ4n) is 1.44. The van der Waals surface area contributed by atoms with Crippen LogP contribution in [0.15, 0.2) is 17.4 Å². The van der Waals surface area contributed by atoms with E-state index in [0.29, 0.717) is 17.9 Å². The zero-order valence-corrected chi connectivity index (χ0v) is 9.08. The molecule has 0 amide bonds. The van der Waals surface area contributed by atoms with Gasteiger partial charge < -0.3 is 9.47 Å². The average molecular weight is 224 g/mol. The van der Waals surface area contributed by atoms with E-state index in [1.54, 1.807) is 11.7 Å². The number of hydrogen-bond donors (Lipinski definition) is 0. The summed E-state index contributed by atoms with van der Waals surface area (Å²) in [6.45, 7) is 0.482. The van der Waals surface area contributed by atoms with Crippen molar-refractivity contribution in [2.75, 3.05) is 14.2 Å². The highest BCUT2D eigenvalue weighted by Gasteiger charge is 2.09. The number of hydrogen-bond acceptors (Lipinski definition) is 5. The second-order valence-corrected chi connectivity index (χ2v) is 3.24. The average Bonchev–Trinajstić information content (AvgIpc) is 2.67. The highest BCUT2D eigenvalue weighted by Crippen LogP contribution is 2.04. The lowest BCUT2D eigenvalue weighted by molar-refractivity contribution is 0.127. The number of methoxy groups -OCH3 is 2. The molecule has 0 bridgehead atoms. The van der Waals surface area contributed by atoms with Crippen LogP contribution < -0.4 is 5.56 Å². The van der Waals surface area contributed by atoms with E-state index >= 15 is 0 Å². The Bertz CT molecular complexity index is 545. The summed E-state index contributed by atoms with van der Waals surface area (Å²) in [4.78, 5) is 20.0. The summed E-state index contributed by atoms with van der Waals surface area (Å²) in [5, 5.41) is 0. The van der Waals surface area contributed by atoms with E-state index in [2.05, 4.69) is 9.97 Å². The predicted molar refractivity (Wildman–Crippen MR) is 55.8 cm³/mol. The molecular weight excluding hydrogens is 212 g/mol. The molecule has 0 saturated heterocycles. The van der Waals surface area contributed by atoms with Gasteiger partial charge in [-0.1, -0.05) is 0 Å². The lowest BCUT2D eigenvalue weighted by atomic mass is 10.5. The molecule has 0 saturated carbocycles. The minimum atomic E-state index is -0.221. The SMILES string of the molecule is COCn1cnc2c(ncn2COC)c1=O. The number of aromatic nitrogens is 4. The summed E-state index contributed by atoms with van der Waals surface area (Å²) >= 11 is 0. The maximum absolute atomic E-state index is 11.9. The van der Waals surface area contributed by atoms with Crippen LogP contribution in [0.3, 0.4) is 0 Å². The number of rotatable bonds is 4. The molecule has 2 aromatic rings. The van der Waals surface area contributed by atoms with E-state index < -0.39 is 0 Å². The minimum absolute atomic E-state index is 0.166. The van der Waals surface area contributed by atoms with Crippen molar-refractivity contribution in [3.8, 4) is 0 Å². The third kappa shape index (κ3) is 1.70. The quantitative estimate of drug-likeness (QED) is 0.719. The zero-order chi connectivity index (χ0) is 11.5. The van der Waals surface area contributed by atoms with Gasteiger partial charge in [-0.15, -0.1) is 0 Å². The lowest BCUT2D eigenvalue weighted by Crippen LogP contribution is -2.21. The van der Waals surface area contributed by atoms with Crippen molar-refractivity contribution >= 4 is 11.2 Å². The molecule has 2 heterocycles. The Hall–Kier alpha value is -1.73. The van der Waals surface area contributed by atoms with Crippen molar-refractivity contribution in [3.05, 3.63) is 23.0 Å². The molecule has 2 aromatic heterocycles. The smallest absolute Gasteiger partial charge is 0.283 e. The molecule has 0 radical (unpaired) electrons. The van der Waals surface area contributed by atoms with Gasteiger partial charge in [0, 0.05) is 14.2 Å². The Balaban J connectivity index is 2.55. The topological polar surface area (TPSA) is 71.2 Å². The van der Waals surface area contributed by atoms with Crippen molar-refractivity contribution in [1.29, 1.82) is 0 Å². The maximum atomic E-state index is 11.9. The van der Waals surface area contributed by atoms with Gasteiger partial charge in [-0.2, -0.15) is 0 Å². The molecule has 0 N–H and O–H groups in total. The first-order valence-corrected chi connectivity index (χ1v) is 4.66. The van der Waals surface area contributed by atoms with Crippen LogP contribution in [-0.2, 0) is 22.9 Å². The van der Waals surface area contributed by atoms with Gasteiger partial charge in [0.25, 0.3) is 5.56 Å². The van der Waals surface area contributed by atoms with Crippen molar-refractivity contribution < 1.29 is 9.47 Å². The van der Waals surface area contributed by atoms with Gasteiger partial charge in [-0.25, -0.2) is 9.97 Å². The van der Waals surface area contributed by atoms with Gasteiger partial charge in [0.05, 0.1) is 6.33 Å². The van der Waals surface area contributed by atoms with Crippen molar-refractivity contribution in [1.82, 2.24) is 19.1 Å². The van der Waals surface area contributed by atoms with Gasteiger partial charge in [-0.05, 0) is 0 Å². The van der Waals surface area contributed by atoms with Gasteiger partial charge in [-0.3, -0.25) is 13.9 Å². The maximum Gasteiger partial charge on any atom is 0.283 e. The van der Waals surface area contributed by atoms with Crippen LogP contribution in [0.1, 0.15) is 0 Å². The first-order valence-electron chi connectivity index (χ1n) is 4.66. The van der Waals surface area contributed by atoms with E-state index in [1.807, 2.05) is 0 Å². The van der Waals surface area contributed by atoms with Gasteiger partial charge in [0.2, 0.25) is 0 Å². The van der Waals surface area contributed by atoms with E-state index in [4.69, 9.17) is 9.47 Å². The predicted octanol–water partition coefficient (Wildman–Crippen LogP) is -0.199. The largest absolute Gasteiger partial charge is 0.364 e. The molecule has 7 nitrogen and oxygen atoms in total. The Morgan fingerprint density at radius 3 is 2.44 bits per heavy atom. The third-order valence-electron chi connectivity index (χ3n) is 2.13.